The van der Waals surface area contributed by atoms with Crippen LogP contribution in [0.5, 0.6) is 0 Å². The van der Waals surface area contributed by atoms with Crippen LogP contribution in [0.4, 0.5) is 4.39 Å². The SMILES string of the molecule is CNC(=O)Cc1cccc2c(C)cc(-c3c(Cl)ccc(C)c3F)nc12. The van der Waals surface area contributed by atoms with Crippen LogP contribution >= 0.6 is 11.6 Å². The molecular weight excluding hydrogens is 339 g/mol. The molecule has 0 fully saturated rings. The van der Waals surface area contributed by atoms with E-state index in [4.69, 9.17) is 11.6 Å². The van der Waals surface area contributed by atoms with Crippen LogP contribution in [0, 0.1) is 19.7 Å². The van der Waals surface area contributed by atoms with E-state index in [0.717, 1.165) is 16.5 Å². The minimum absolute atomic E-state index is 0.0999. The molecule has 0 aliphatic carbocycles. The number of hydrogen-bond acceptors (Lipinski definition) is 2. The van der Waals surface area contributed by atoms with Crippen LogP contribution in [0.15, 0.2) is 36.4 Å². The minimum atomic E-state index is -0.373. The van der Waals surface area contributed by atoms with Crippen molar-refractivity contribution in [2.45, 2.75) is 20.3 Å². The van der Waals surface area contributed by atoms with Gasteiger partial charge >= 0.3 is 0 Å². The number of halogens is 2. The van der Waals surface area contributed by atoms with E-state index in [1.165, 1.54) is 0 Å². The lowest BCUT2D eigenvalue weighted by molar-refractivity contribution is -0.119. The molecule has 0 aliphatic heterocycles. The van der Waals surface area contributed by atoms with E-state index in [0.29, 0.717) is 27.4 Å². The molecule has 2 aromatic carbocycles. The number of para-hydroxylation sites is 1. The lowest BCUT2D eigenvalue weighted by Gasteiger charge is -2.13. The first-order valence-corrected chi connectivity index (χ1v) is 8.35. The highest BCUT2D eigenvalue weighted by atomic mass is 35.5. The maximum absolute atomic E-state index is 14.7. The predicted octanol–water partition coefficient (Wildman–Crippen LogP) is 4.60. The first-order chi connectivity index (χ1) is 11.9. The molecule has 0 aliphatic rings. The zero-order chi connectivity index (χ0) is 18.1. The van der Waals surface area contributed by atoms with Crippen LogP contribution < -0.4 is 5.32 Å². The van der Waals surface area contributed by atoms with E-state index in [1.54, 1.807) is 26.1 Å². The lowest BCUT2D eigenvalue weighted by atomic mass is 10.00. The Morgan fingerprint density at radius 3 is 2.68 bits per heavy atom. The van der Waals surface area contributed by atoms with Crippen molar-refractivity contribution in [3.05, 3.63) is 63.9 Å². The lowest BCUT2D eigenvalue weighted by Crippen LogP contribution is -2.20. The van der Waals surface area contributed by atoms with Gasteiger partial charge in [-0.1, -0.05) is 35.9 Å². The molecule has 1 amide bonds. The second-order valence-electron chi connectivity index (χ2n) is 6.04. The van der Waals surface area contributed by atoms with Crippen molar-refractivity contribution in [3.8, 4) is 11.3 Å². The number of carbonyl (C=O) groups excluding carboxylic acids is 1. The maximum atomic E-state index is 14.7. The van der Waals surface area contributed by atoms with Gasteiger partial charge in [-0.3, -0.25) is 4.79 Å². The topological polar surface area (TPSA) is 42.0 Å². The number of amides is 1. The summed E-state index contributed by atoms with van der Waals surface area (Å²) in [4.78, 5) is 16.4. The average Bonchev–Trinajstić information content (AvgIpc) is 2.59. The molecule has 128 valence electrons. The Balaban J connectivity index is 2.27. The quantitative estimate of drug-likeness (QED) is 0.745. The van der Waals surface area contributed by atoms with Crippen LogP contribution in [0.2, 0.25) is 5.02 Å². The summed E-state index contributed by atoms with van der Waals surface area (Å²) in [5.41, 5.74) is 3.72. The minimum Gasteiger partial charge on any atom is -0.359 e. The van der Waals surface area contributed by atoms with Gasteiger partial charge in [-0.25, -0.2) is 9.37 Å². The van der Waals surface area contributed by atoms with E-state index in [2.05, 4.69) is 10.3 Å². The molecular formula is C20H18ClFN2O. The monoisotopic (exact) mass is 356 g/mol. The van der Waals surface area contributed by atoms with Crippen LogP contribution in [-0.2, 0) is 11.2 Å². The number of rotatable bonds is 3. The summed E-state index contributed by atoms with van der Waals surface area (Å²) in [5, 5.41) is 3.87. The molecule has 0 saturated heterocycles. The summed E-state index contributed by atoms with van der Waals surface area (Å²) in [6.07, 6.45) is 0.216. The summed E-state index contributed by atoms with van der Waals surface area (Å²) < 4.78 is 14.7. The van der Waals surface area contributed by atoms with Gasteiger partial charge in [-0.05, 0) is 42.7 Å². The number of nitrogens with one attached hydrogen (secondary N) is 1. The molecule has 1 heterocycles. The van der Waals surface area contributed by atoms with Crippen molar-refractivity contribution in [3.63, 3.8) is 0 Å². The molecule has 1 N–H and O–H groups in total. The number of aromatic nitrogens is 1. The molecule has 3 nitrogen and oxygen atoms in total. The fourth-order valence-electron chi connectivity index (χ4n) is 2.90. The van der Waals surface area contributed by atoms with Gasteiger partial charge in [0.15, 0.2) is 0 Å². The summed E-state index contributed by atoms with van der Waals surface area (Å²) in [5.74, 6) is -0.473. The number of hydrogen-bond donors (Lipinski definition) is 1. The Bertz CT molecular complexity index is 985. The first kappa shape index (κ1) is 17.4. The molecule has 0 radical (unpaired) electrons. The normalized spacial score (nSPS) is 10.9. The predicted molar refractivity (Wildman–Crippen MR) is 99.4 cm³/mol. The Morgan fingerprint density at radius 1 is 1.20 bits per heavy atom. The summed E-state index contributed by atoms with van der Waals surface area (Å²) >= 11 is 6.24. The zero-order valence-corrected chi connectivity index (χ0v) is 15.0. The molecule has 5 heteroatoms. The van der Waals surface area contributed by atoms with Crippen LogP contribution in [0.1, 0.15) is 16.7 Å². The van der Waals surface area contributed by atoms with Crippen molar-refractivity contribution >= 4 is 28.4 Å². The standard InChI is InChI=1S/C20H18ClFN2O/c1-11-7-8-15(21)18(19(11)22)16-9-12(2)14-6-4-5-13(20(14)24-16)10-17(25)23-3/h4-9H,10H2,1-3H3,(H,23,25). The maximum Gasteiger partial charge on any atom is 0.224 e. The molecule has 0 unspecified atom stereocenters. The Hall–Kier alpha value is -2.46. The average molecular weight is 357 g/mol. The molecule has 0 atom stereocenters. The van der Waals surface area contributed by atoms with Gasteiger partial charge in [0.2, 0.25) is 5.91 Å². The summed E-state index contributed by atoms with van der Waals surface area (Å²) in [7, 11) is 1.60. The second-order valence-corrected chi connectivity index (χ2v) is 6.45. The van der Waals surface area contributed by atoms with E-state index in [-0.39, 0.29) is 18.1 Å². The molecule has 3 rings (SSSR count). The fraction of sp³-hybridized carbons (Fsp3) is 0.200. The largest absolute Gasteiger partial charge is 0.359 e. The number of pyridine rings is 1. The third-order valence-electron chi connectivity index (χ3n) is 4.30. The van der Waals surface area contributed by atoms with Gasteiger partial charge in [0.25, 0.3) is 0 Å². The third-order valence-corrected chi connectivity index (χ3v) is 4.62. The number of carbonyl (C=O) groups is 1. The Morgan fingerprint density at radius 2 is 1.96 bits per heavy atom. The Kier molecular flexibility index (Phi) is 4.73. The highest BCUT2D eigenvalue weighted by Crippen LogP contribution is 2.34. The van der Waals surface area contributed by atoms with E-state index in [9.17, 15) is 9.18 Å². The second kappa shape index (κ2) is 6.81. The van der Waals surface area contributed by atoms with Crippen molar-refractivity contribution in [2.75, 3.05) is 7.05 Å². The molecule has 0 spiro atoms. The van der Waals surface area contributed by atoms with Gasteiger partial charge in [0, 0.05) is 12.4 Å². The van der Waals surface area contributed by atoms with Gasteiger partial charge in [0.1, 0.15) is 5.82 Å². The van der Waals surface area contributed by atoms with E-state index < -0.39 is 0 Å². The number of fused-ring (bicyclic) bond motifs is 1. The fourth-order valence-corrected chi connectivity index (χ4v) is 3.14. The van der Waals surface area contributed by atoms with E-state index in [1.807, 2.05) is 31.2 Å². The molecule has 1 aromatic heterocycles. The Labute approximate surface area is 150 Å². The number of likely N-dealkylation sites (N-methyl/N-ethyl adjacent to an activating group) is 1. The van der Waals surface area contributed by atoms with Gasteiger partial charge in [-0.2, -0.15) is 0 Å². The summed E-state index contributed by atoms with van der Waals surface area (Å²) in [6, 6.07) is 10.9. The van der Waals surface area contributed by atoms with Crippen molar-refractivity contribution in [1.82, 2.24) is 10.3 Å². The van der Waals surface area contributed by atoms with Crippen LogP contribution in [0.3, 0.4) is 0 Å². The third kappa shape index (κ3) is 3.22. The first-order valence-electron chi connectivity index (χ1n) is 7.97. The van der Waals surface area contributed by atoms with Crippen LogP contribution in [-0.4, -0.2) is 17.9 Å². The van der Waals surface area contributed by atoms with Crippen molar-refractivity contribution in [2.24, 2.45) is 0 Å². The van der Waals surface area contributed by atoms with E-state index >= 15 is 0 Å². The molecule has 0 saturated carbocycles. The van der Waals surface area contributed by atoms with Crippen molar-refractivity contribution < 1.29 is 9.18 Å². The summed E-state index contributed by atoms with van der Waals surface area (Å²) in [6.45, 7) is 3.64. The van der Waals surface area contributed by atoms with Gasteiger partial charge in [0.05, 0.1) is 28.2 Å². The molecule has 0 bridgehead atoms. The van der Waals surface area contributed by atoms with Crippen molar-refractivity contribution in [1.29, 1.82) is 0 Å². The smallest absolute Gasteiger partial charge is 0.224 e. The number of aryl methyl sites for hydroxylation is 2. The molecule has 25 heavy (non-hydrogen) atoms. The number of benzene rings is 2. The van der Waals surface area contributed by atoms with Crippen LogP contribution in [0.25, 0.3) is 22.2 Å². The zero-order valence-electron chi connectivity index (χ0n) is 14.3. The highest BCUT2D eigenvalue weighted by Gasteiger charge is 2.16. The van der Waals surface area contributed by atoms with Gasteiger partial charge < -0.3 is 5.32 Å². The highest BCUT2D eigenvalue weighted by molar-refractivity contribution is 6.33. The van der Waals surface area contributed by atoms with Gasteiger partial charge in [-0.15, -0.1) is 0 Å². The molecule has 3 aromatic rings. The number of nitrogens with zero attached hydrogens (tertiary/aromatic N) is 1.